The van der Waals surface area contributed by atoms with Crippen LogP contribution >= 0.6 is 23.1 Å². The fourth-order valence-electron chi connectivity index (χ4n) is 1.06. The predicted octanol–water partition coefficient (Wildman–Crippen LogP) is 2.67. The Labute approximate surface area is 90.8 Å². The Balaban J connectivity index is 2.02. The van der Waals surface area contributed by atoms with E-state index in [1.54, 1.807) is 29.2 Å². The van der Waals surface area contributed by atoms with Gasteiger partial charge in [-0.05, 0) is 17.5 Å². The van der Waals surface area contributed by atoms with Gasteiger partial charge in [0.25, 0.3) is 5.03 Å². The lowest BCUT2D eigenvalue weighted by Crippen LogP contribution is -2.27. The van der Waals surface area contributed by atoms with E-state index < -0.39 is 0 Å². The Kier molecular flexibility index (Phi) is 3.06. The van der Waals surface area contributed by atoms with Crippen molar-refractivity contribution in [2.45, 2.75) is 10.8 Å². The third kappa shape index (κ3) is 2.27. The van der Waals surface area contributed by atoms with Gasteiger partial charge in [0.2, 0.25) is 0 Å². The molecule has 14 heavy (non-hydrogen) atoms. The van der Waals surface area contributed by atoms with Crippen molar-refractivity contribution in [3.8, 4) is 0 Å². The fraction of sp³-hybridized carbons (Fsp3) is 0.100. The van der Waals surface area contributed by atoms with E-state index >= 15 is 0 Å². The molecular weight excluding hydrogens is 214 g/mol. The van der Waals surface area contributed by atoms with E-state index in [2.05, 4.69) is 6.07 Å². The summed E-state index contributed by atoms with van der Waals surface area (Å²) in [7, 11) is 0. The van der Waals surface area contributed by atoms with Crippen LogP contribution in [0.1, 0.15) is 4.88 Å². The molecule has 0 fully saturated rings. The molecule has 0 bridgehead atoms. The van der Waals surface area contributed by atoms with Crippen LogP contribution in [0, 0.1) is 5.21 Å². The van der Waals surface area contributed by atoms with Crippen molar-refractivity contribution in [2.24, 2.45) is 0 Å². The second kappa shape index (κ2) is 4.48. The second-order valence-electron chi connectivity index (χ2n) is 2.73. The summed E-state index contributed by atoms with van der Waals surface area (Å²) >= 11 is 3.28. The standard InChI is InChI=1S/C10H9NOS2/c12-11-6-2-1-5-10(11)14-8-9-4-3-7-13-9/h1-7H,8H2. The molecule has 2 aromatic rings. The summed E-state index contributed by atoms with van der Waals surface area (Å²) in [5.74, 6) is 0.865. The lowest BCUT2D eigenvalue weighted by atomic mass is 10.5. The molecule has 2 heterocycles. The molecule has 2 aromatic heterocycles. The first-order valence-corrected chi connectivity index (χ1v) is 6.06. The molecule has 72 valence electrons. The zero-order valence-corrected chi connectivity index (χ0v) is 9.05. The first kappa shape index (κ1) is 9.55. The summed E-state index contributed by atoms with van der Waals surface area (Å²) in [5, 5.41) is 14.1. The molecular formula is C10H9NOS2. The molecule has 0 aliphatic heterocycles. The summed E-state index contributed by atoms with van der Waals surface area (Å²) in [5.41, 5.74) is 0. The van der Waals surface area contributed by atoms with Gasteiger partial charge in [0, 0.05) is 22.8 Å². The monoisotopic (exact) mass is 223 g/mol. The third-order valence-corrected chi connectivity index (χ3v) is 3.86. The number of aromatic nitrogens is 1. The highest BCUT2D eigenvalue weighted by atomic mass is 32.2. The molecule has 0 aliphatic rings. The second-order valence-corrected chi connectivity index (χ2v) is 4.76. The van der Waals surface area contributed by atoms with Crippen molar-refractivity contribution >= 4 is 23.1 Å². The Hall–Kier alpha value is -1.00. The van der Waals surface area contributed by atoms with Crippen LogP contribution in [0.15, 0.2) is 46.9 Å². The van der Waals surface area contributed by atoms with Crippen molar-refractivity contribution in [1.82, 2.24) is 0 Å². The number of rotatable bonds is 3. The van der Waals surface area contributed by atoms with E-state index in [4.69, 9.17) is 0 Å². The van der Waals surface area contributed by atoms with Crippen molar-refractivity contribution in [3.05, 3.63) is 52.0 Å². The van der Waals surface area contributed by atoms with Gasteiger partial charge in [0.1, 0.15) is 0 Å². The van der Waals surface area contributed by atoms with E-state index in [0.717, 1.165) is 15.5 Å². The summed E-state index contributed by atoms with van der Waals surface area (Å²) < 4.78 is 0.901. The summed E-state index contributed by atoms with van der Waals surface area (Å²) in [6.45, 7) is 0. The minimum Gasteiger partial charge on any atom is -0.618 e. The molecule has 2 nitrogen and oxygen atoms in total. The van der Waals surface area contributed by atoms with Gasteiger partial charge < -0.3 is 5.21 Å². The zero-order valence-electron chi connectivity index (χ0n) is 7.42. The molecule has 0 amide bonds. The van der Waals surface area contributed by atoms with E-state index in [9.17, 15) is 5.21 Å². The number of thiophene rings is 1. The summed E-state index contributed by atoms with van der Waals surface area (Å²) in [4.78, 5) is 1.29. The van der Waals surface area contributed by atoms with Crippen LogP contribution in [0.25, 0.3) is 0 Å². The Bertz CT molecular complexity index is 400. The highest BCUT2D eigenvalue weighted by Crippen LogP contribution is 2.21. The summed E-state index contributed by atoms with van der Waals surface area (Å²) in [6.07, 6.45) is 1.52. The van der Waals surface area contributed by atoms with Crippen LogP contribution in [-0.2, 0) is 5.75 Å². The molecule has 0 radical (unpaired) electrons. The van der Waals surface area contributed by atoms with Gasteiger partial charge in [0.15, 0.2) is 6.20 Å². The minimum absolute atomic E-state index is 0.751. The zero-order chi connectivity index (χ0) is 9.80. The van der Waals surface area contributed by atoms with Crippen LogP contribution in [-0.4, -0.2) is 0 Å². The first-order chi connectivity index (χ1) is 6.86. The normalized spacial score (nSPS) is 10.3. The minimum atomic E-state index is 0.751. The smallest absolute Gasteiger partial charge is 0.251 e. The number of nitrogens with zero attached hydrogens (tertiary/aromatic N) is 1. The van der Waals surface area contributed by atoms with Gasteiger partial charge in [-0.2, -0.15) is 4.73 Å². The van der Waals surface area contributed by atoms with Gasteiger partial charge in [-0.15, -0.1) is 11.3 Å². The maximum Gasteiger partial charge on any atom is 0.251 e. The largest absolute Gasteiger partial charge is 0.618 e. The van der Waals surface area contributed by atoms with Gasteiger partial charge in [-0.3, -0.25) is 0 Å². The van der Waals surface area contributed by atoms with Crippen molar-refractivity contribution in [2.75, 3.05) is 0 Å². The highest BCUT2D eigenvalue weighted by Gasteiger charge is 2.04. The van der Waals surface area contributed by atoms with Gasteiger partial charge >= 0.3 is 0 Å². The molecule has 2 rings (SSSR count). The molecule has 0 aliphatic carbocycles. The van der Waals surface area contributed by atoms with Crippen LogP contribution in [0.5, 0.6) is 0 Å². The molecule has 0 saturated heterocycles. The van der Waals surface area contributed by atoms with Crippen LogP contribution < -0.4 is 4.73 Å². The van der Waals surface area contributed by atoms with Crippen LogP contribution in [0.3, 0.4) is 0 Å². The molecule has 0 saturated carbocycles. The average Bonchev–Trinajstić information content (AvgIpc) is 2.69. The molecule has 0 N–H and O–H groups in total. The van der Waals surface area contributed by atoms with Gasteiger partial charge in [0.05, 0.1) is 0 Å². The third-order valence-electron chi connectivity index (χ3n) is 1.73. The van der Waals surface area contributed by atoms with Gasteiger partial charge in [-0.25, -0.2) is 0 Å². The molecule has 0 unspecified atom stereocenters. The van der Waals surface area contributed by atoms with Crippen LogP contribution in [0.2, 0.25) is 0 Å². The van der Waals surface area contributed by atoms with E-state index in [-0.39, 0.29) is 0 Å². The molecule has 4 heteroatoms. The molecule has 0 aromatic carbocycles. The number of hydrogen-bond acceptors (Lipinski definition) is 3. The van der Waals surface area contributed by atoms with E-state index in [1.165, 1.54) is 11.1 Å². The summed E-state index contributed by atoms with van der Waals surface area (Å²) in [6, 6.07) is 9.56. The highest BCUT2D eigenvalue weighted by molar-refractivity contribution is 7.98. The van der Waals surface area contributed by atoms with Crippen molar-refractivity contribution < 1.29 is 4.73 Å². The SMILES string of the molecule is [O-][n+]1ccccc1SCc1cccs1. The molecule has 0 atom stereocenters. The van der Waals surface area contributed by atoms with E-state index in [1.807, 2.05) is 23.6 Å². The maximum atomic E-state index is 11.3. The Morgan fingerprint density at radius 3 is 2.93 bits per heavy atom. The Morgan fingerprint density at radius 2 is 2.21 bits per heavy atom. The first-order valence-electron chi connectivity index (χ1n) is 4.19. The predicted molar refractivity (Wildman–Crippen MR) is 59.3 cm³/mol. The number of pyridine rings is 1. The fourth-order valence-corrected chi connectivity index (χ4v) is 2.75. The maximum absolute atomic E-state index is 11.3. The average molecular weight is 223 g/mol. The van der Waals surface area contributed by atoms with Crippen molar-refractivity contribution in [3.63, 3.8) is 0 Å². The molecule has 0 spiro atoms. The van der Waals surface area contributed by atoms with Crippen molar-refractivity contribution in [1.29, 1.82) is 0 Å². The van der Waals surface area contributed by atoms with E-state index in [0.29, 0.717) is 0 Å². The number of hydrogen-bond donors (Lipinski definition) is 0. The van der Waals surface area contributed by atoms with Crippen LogP contribution in [0.4, 0.5) is 0 Å². The topological polar surface area (TPSA) is 26.9 Å². The Morgan fingerprint density at radius 1 is 1.29 bits per heavy atom. The quantitative estimate of drug-likeness (QED) is 0.454. The lowest BCUT2D eigenvalue weighted by molar-refractivity contribution is -0.645. The van der Waals surface area contributed by atoms with Gasteiger partial charge in [-0.1, -0.05) is 17.8 Å². The lowest BCUT2D eigenvalue weighted by Gasteiger charge is -2.01. The number of thioether (sulfide) groups is 1.